The van der Waals surface area contributed by atoms with E-state index in [-0.39, 0.29) is 18.4 Å². The highest BCUT2D eigenvalue weighted by Gasteiger charge is 2.21. The van der Waals surface area contributed by atoms with Gasteiger partial charge in [-0.2, -0.15) is 0 Å². The summed E-state index contributed by atoms with van der Waals surface area (Å²) in [5.41, 5.74) is 1.96. The van der Waals surface area contributed by atoms with Crippen molar-refractivity contribution in [2.24, 2.45) is 0 Å². The number of aliphatic carboxylic acids is 1. The zero-order valence-corrected chi connectivity index (χ0v) is 13.6. The molecule has 0 saturated carbocycles. The van der Waals surface area contributed by atoms with Gasteiger partial charge >= 0.3 is 5.97 Å². The fourth-order valence-electron chi connectivity index (χ4n) is 2.39. The molecule has 2 unspecified atom stereocenters. The molecule has 0 saturated heterocycles. The summed E-state index contributed by atoms with van der Waals surface area (Å²) in [4.78, 5) is 23.5. The largest absolute Gasteiger partial charge is 0.480 e. The van der Waals surface area contributed by atoms with Crippen LogP contribution in [0.15, 0.2) is 60.7 Å². The number of benzene rings is 2. The first-order valence-electron chi connectivity index (χ1n) is 7.90. The maximum Gasteiger partial charge on any atom is 0.321 e. The number of nitrogens with one attached hydrogen (secondary N) is 2. The Balaban J connectivity index is 1.87. The molecule has 2 aromatic carbocycles. The molecule has 0 aliphatic rings. The maximum atomic E-state index is 12.1. The SMILES string of the molecule is CC(NC(=O)CC(NCc1ccccc1)C(=O)O)c1ccccc1. The molecular formula is C19H22N2O3. The van der Waals surface area contributed by atoms with E-state index in [1.54, 1.807) is 0 Å². The third-order valence-corrected chi connectivity index (χ3v) is 3.76. The van der Waals surface area contributed by atoms with Crippen LogP contribution >= 0.6 is 0 Å². The van der Waals surface area contributed by atoms with Crippen LogP contribution in [0.5, 0.6) is 0 Å². The lowest BCUT2D eigenvalue weighted by Gasteiger charge is -2.18. The van der Waals surface area contributed by atoms with Crippen LogP contribution in [0, 0.1) is 0 Å². The van der Waals surface area contributed by atoms with E-state index in [4.69, 9.17) is 0 Å². The predicted molar refractivity (Wildman–Crippen MR) is 92.3 cm³/mol. The lowest BCUT2D eigenvalue weighted by atomic mass is 10.1. The molecule has 5 heteroatoms. The quantitative estimate of drug-likeness (QED) is 0.696. The molecule has 2 rings (SSSR count). The average Bonchev–Trinajstić information content (AvgIpc) is 2.60. The fourth-order valence-corrected chi connectivity index (χ4v) is 2.39. The summed E-state index contributed by atoms with van der Waals surface area (Å²) in [6, 6.07) is 18.0. The molecule has 1 amide bonds. The Kier molecular flexibility index (Phi) is 6.51. The van der Waals surface area contributed by atoms with Crippen LogP contribution in [0.3, 0.4) is 0 Å². The van der Waals surface area contributed by atoms with E-state index in [9.17, 15) is 14.7 Å². The predicted octanol–water partition coefficient (Wildman–Crippen LogP) is 2.50. The first kappa shape index (κ1) is 17.7. The lowest BCUT2D eigenvalue weighted by molar-refractivity contribution is -0.141. The summed E-state index contributed by atoms with van der Waals surface area (Å²) in [7, 11) is 0. The lowest BCUT2D eigenvalue weighted by Crippen LogP contribution is -2.41. The van der Waals surface area contributed by atoms with Crippen molar-refractivity contribution in [2.45, 2.75) is 32.0 Å². The number of rotatable bonds is 8. The molecule has 0 aromatic heterocycles. The van der Waals surface area contributed by atoms with Crippen LogP contribution in [0.4, 0.5) is 0 Å². The van der Waals surface area contributed by atoms with E-state index >= 15 is 0 Å². The summed E-state index contributed by atoms with van der Waals surface area (Å²) in [6.07, 6.45) is -0.112. The van der Waals surface area contributed by atoms with Gasteiger partial charge in [0.05, 0.1) is 12.5 Å². The van der Waals surface area contributed by atoms with Crippen LogP contribution < -0.4 is 10.6 Å². The van der Waals surface area contributed by atoms with E-state index in [0.29, 0.717) is 6.54 Å². The van der Waals surface area contributed by atoms with Gasteiger partial charge in [-0.1, -0.05) is 60.7 Å². The number of carbonyl (C=O) groups is 2. The summed E-state index contributed by atoms with van der Waals surface area (Å²) in [5.74, 6) is -1.33. The zero-order valence-electron chi connectivity index (χ0n) is 13.6. The number of hydrogen-bond donors (Lipinski definition) is 3. The van der Waals surface area contributed by atoms with Crippen LogP contribution in [-0.2, 0) is 16.1 Å². The van der Waals surface area contributed by atoms with Gasteiger partial charge in [0.2, 0.25) is 5.91 Å². The van der Waals surface area contributed by atoms with Crippen LogP contribution in [0.2, 0.25) is 0 Å². The molecule has 2 atom stereocenters. The Hall–Kier alpha value is -2.66. The molecule has 2 aromatic rings. The molecular weight excluding hydrogens is 304 g/mol. The molecule has 3 N–H and O–H groups in total. The molecule has 126 valence electrons. The normalized spacial score (nSPS) is 13.0. The van der Waals surface area contributed by atoms with Gasteiger partial charge in [0.25, 0.3) is 0 Å². The van der Waals surface area contributed by atoms with Crippen molar-refractivity contribution in [1.29, 1.82) is 0 Å². The van der Waals surface area contributed by atoms with Crippen molar-refractivity contribution >= 4 is 11.9 Å². The smallest absolute Gasteiger partial charge is 0.321 e. The number of amides is 1. The molecule has 24 heavy (non-hydrogen) atoms. The number of carboxylic acid groups (broad SMARTS) is 1. The molecule has 0 aliphatic heterocycles. The van der Waals surface area contributed by atoms with Crippen molar-refractivity contribution in [3.05, 3.63) is 71.8 Å². The molecule has 5 nitrogen and oxygen atoms in total. The van der Waals surface area contributed by atoms with E-state index in [1.165, 1.54) is 0 Å². The van der Waals surface area contributed by atoms with Gasteiger partial charge in [-0.15, -0.1) is 0 Å². The third-order valence-electron chi connectivity index (χ3n) is 3.76. The molecule has 0 radical (unpaired) electrons. The second kappa shape index (κ2) is 8.84. The molecule has 0 bridgehead atoms. The van der Waals surface area contributed by atoms with Crippen molar-refractivity contribution < 1.29 is 14.7 Å². The van der Waals surface area contributed by atoms with Crippen molar-refractivity contribution in [3.8, 4) is 0 Å². The molecule has 0 fully saturated rings. The summed E-state index contributed by atoms with van der Waals surface area (Å²) < 4.78 is 0. The first-order valence-corrected chi connectivity index (χ1v) is 7.90. The van der Waals surface area contributed by atoms with Gasteiger partial charge in [-0.3, -0.25) is 14.9 Å². The summed E-state index contributed by atoms with van der Waals surface area (Å²) in [6.45, 7) is 2.28. The molecule has 0 heterocycles. The standard InChI is InChI=1S/C19H22N2O3/c1-14(16-10-6-3-7-11-16)21-18(22)12-17(19(23)24)20-13-15-8-4-2-5-9-15/h2-11,14,17,20H,12-13H2,1H3,(H,21,22)(H,23,24). The van der Waals surface area contributed by atoms with E-state index in [2.05, 4.69) is 10.6 Å². The zero-order chi connectivity index (χ0) is 17.4. The average molecular weight is 326 g/mol. The minimum absolute atomic E-state index is 0.112. The first-order chi connectivity index (χ1) is 11.6. The minimum atomic E-state index is -1.03. The minimum Gasteiger partial charge on any atom is -0.480 e. The van der Waals surface area contributed by atoms with Crippen molar-refractivity contribution in [2.75, 3.05) is 0 Å². The molecule has 0 aliphatic carbocycles. The van der Waals surface area contributed by atoms with Gasteiger partial charge in [-0.05, 0) is 18.1 Å². The Morgan fingerprint density at radius 2 is 1.58 bits per heavy atom. The highest BCUT2D eigenvalue weighted by atomic mass is 16.4. The number of carboxylic acids is 1. The number of carbonyl (C=O) groups excluding carboxylic acids is 1. The fraction of sp³-hybridized carbons (Fsp3) is 0.263. The third kappa shape index (κ3) is 5.52. The maximum absolute atomic E-state index is 12.1. The van der Waals surface area contributed by atoms with Gasteiger partial charge in [0.15, 0.2) is 0 Å². The van der Waals surface area contributed by atoms with Crippen molar-refractivity contribution in [3.63, 3.8) is 0 Å². The Morgan fingerprint density at radius 3 is 2.17 bits per heavy atom. The Morgan fingerprint density at radius 1 is 1.00 bits per heavy atom. The van der Waals surface area contributed by atoms with Gasteiger partial charge in [0, 0.05) is 6.54 Å². The Bertz CT molecular complexity index is 659. The summed E-state index contributed by atoms with van der Waals surface area (Å²) in [5, 5.41) is 15.1. The second-order valence-electron chi connectivity index (χ2n) is 5.66. The number of hydrogen-bond acceptors (Lipinski definition) is 3. The molecule has 0 spiro atoms. The monoisotopic (exact) mass is 326 g/mol. The van der Waals surface area contributed by atoms with Gasteiger partial charge < -0.3 is 10.4 Å². The Labute approximate surface area is 141 Å². The topological polar surface area (TPSA) is 78.4 Å². The van der Waals surface area contributed by atoms with Crippen molar-refractivity contribution in [1.82, 2.24) is 10.6 Å². The van der Waals surface area contributed by atoms with E-state index < -0.39 is 12.0 Å². The van der Waals surface area contributed by atoms with Crippen LogP contribution in [-0.4, -0.2) is 23.0 Å². The summed E-state index contributed by atoms with van der Waals surface area (Å²) >= 11 is 0. The van der Waals surface area contributed by atoms with Gasteiger partial charge in [0.1, 0.15) is 6.04 Å². The second-order valence-corrected chi connectivity index (χ2v) is 5.66. The van der Waals surface area contributed by atoms with Crippen LogP contribution in [0.1, 0.15) is 30.5 Å². The van der Waals surface area contributed by atoms with Gasteiger partial charge in [-0.25, -0.2) is 0 Å². The highest BCUT2D eigenvalue weighted by molar-refractivity contribution is 5.84. The van der Waals surface area contributed by atoms with E-state index in [1.807, 2.05) is 67.6 Å². The van der Waals surface area contributed by atoms with E-state index in [0.717, 1.165) is 11.1 Å². The highest BCUT2D eigenvalue weighted by Crippen LogP contribution is 2.11. The van der Waals surface area contributed by atoms with Crippen LogP contribution in [0.25, 0.3) is 0 Å².